The molecule has 1 aliphatic carbocycles. The van der Waals surface area contributed by atoms with E-state index in [0.29, 0.717) is 11.1 Å². The molecule has 148 valence electrons. The predicted octanol–water partition coefficient (Wildman–Crippen LogP) is 5.19. The lowest BCUT2D eigenvalue weighted by atomic mass is 9.63. The number of hydrogen-bond donors (Lipinski definition) is 2. The molecule has 0 unspecified atom stereocenters. The molecule has 0 aromatic heterocycles. The highest BCUT2D eigenvalue weighted by molar-refractivity contribution is 5.66. The van der Waals surface area contributed by atoms with Crippen LogP contribution in [0.1, 0.15) is 44.5 Å². The van der Waals surface area contributed by atoms with Crippen molar-refractivity contribution < 1.29 is 10.2 Å². The Morgan fingerprint density at radius 2 is 0.800 bits per heavy atom. The quantitative estimate of drug-likeness (QED) is 0.493. The average Bonchev–Trinajstić information content (AvgIpc) is 2.80. The molecule has 0 radical (unpaired) electrons. The van der Waals surface area contributed by atoms with Gasteiger partial charge < -0.3 is 10.2 Å². The molecule has 30 heavy (non-hydrogen) atoms. The van der Waals surface area contributed by atoms with Gasteiger partial charge in [-0.3, -0.25) is 0 Å². The van der Waals surface area contributed by atoms with Crippen LogP contribution in [0.3, 0.4) is 0 Å². The first-order valence-electron chi connectivity index (χ1n) is 10.3. The maximum atomic E-state index is 12.3. The van der Waals surface area contributed by atoms with Crippen LogP contribution in [0.2, 0.25) is 0 Å². The lowest BCUT2D eigenvalue weighted by Gasteiger charge is -2.45. The summed E-state index contributed by atoms with van der Waals surface area (Å²) >= 11 is 0. The fraction of sp³-hybridized carbons (Fsp3) is 0.143. The van der Waals surface area contributed by atoms with Crippen LogP contribution < -0.4 is 0 Å². The van der Waals surface area contributed by atoms with E-state index in [-0.39, 0.29) is 0 Å². The third-order valence-electron chi connectivity index (χ3n) is 6.50. The summed E-state index contributed by atoms with van der Waals surface area (Å²) in [5.41, 5.74) is 3.89. The van der Waals surface area contributed by atoms with Gasteiger partial charge in [-0.25, -0.2) is 0 Å². The third kappa shape index (κ3) is 2.44. The fourth-order valence-electron chi connectivity index (χ4n) is 4.80. The lowest BCUT2D eigenvalue weighted by molar-refractivity contribution is 0.0746. The Kier molecular flexibility index (Phi) is 4.18. The standard InChI is InChI=1S/C28H24O2/c1-19-17-25-26(18-20(19)2)28(30,22-13-7-4-8-14-22)24-16-10-9-15-23(24)27(25,29)21-11-5-3-6-12-21/h3-18,29-30H,1-2H3/t27-,28-/m1/s1. The van der Waals surface area contributed by atoms with Crippen LogP contribution in [-0.2, 0) is 11.2 Å². The zero-order chi connectivity index (χ0) is 20.9. The molecular weight excluding hydrogens is 368 g/mol. The van der Waals surface area contributed by atoms with E-state index < -0.39 is 11.2 Å². The van der Waals surface area contributed by atoms with Gasteiger partial charge in [-0.2, -0.15) is 0 Å². The maximum absolute atomic E-state index is 12.3. The molecule has 0 saturated carbocycles. The van der Waals surface area contributed by atoms with Crippen molar-refractivity contribution in [2.45, 2.75) is 25.0 Å². The molecule has 1 aliphatic rings. The SMILES string of the molecule is Cc1cc2c(cc1C)[C@@](O)(c1ccccc1)c1ccccc1[C@]2(O)c1ccccc1. The van der Waals surface area contributed by atoms with E-state index in [2.05, 4.69) is 0 Å². The van der Waals surface area contributed by atoms with Crippen LogP contribution in [0, 0.1) is 13.8 Å². The summed E-state index contributed by atoms with van der Waals surface area (Å²) in [6, 6.07) is 31.2. The van der Waals surface area contributed by atoms with Crippen molar-refractivity contribution in [1.82, 2.24) is 0 Å². The molecule has 0 amide bonds. The van der Waals surface area contributed by atoms with E-state index in [0.717, 1.165) is 33.4 Å². The molecule has 2 N–H and O–H groups in total. The number of aryl methyl sites for hydroxylation is 2. The van der Waals surface area contributed by atoms with Gasteiger partial charge >= 0.3 is 0 Å². The molecule has 2 atom stereocenters. The topological polar surface area (TPSA) is 40.5 Å². The third-order valence-corrected chi connectivity index (χ3v) is 6.50. The Morgan fingerprint density at radius 1 is 0.467 bits per heavy atom. The molecule has 4 aromatic carbocycles. The maximum Gasteiger partial charge on any atom is 0.141 e. The summed E-state index contributed by atoms with van der Waals surface area (Å²) in [6.07, 6.45) is 0. The molecule has 0 saturated heterocycles. The van der Waals surface area contributed by atoms with Gasteiger partial charge in [-0.05, 0) is 58.4 Å². The van der Waals surface area contributed by atoms with Crippen LogP contribution in [-0.4, -0.2) is 10.2 Å². The molecule has 0 bridgehead atoms. The van der Waals surface area contributed by atoms with Gasteiger partial charge in [-0.15, -0.1) is 0 Å². The average molecular weight is 392 g/mol. The highest BCUT2D eigenvalue weighted by Crippen LogP contribution is 2.53. The predicted molar refractivity (Wildman–Crippen MR) is 119 cm³/mol. The summed E-state index contributed by atoms with van der Waals surface area (Å²) in [5.74, 6) is 0. The van der Waals surface area contributed by atoms with Gasteiger partial charge in [-0.1, -0.05) is 97.1 Å². The summed E-state index contributed by atoms with van der Waals surface area (Å²) in [7, 11) is 0. The molecule has 5 rings (SSSR count). The van der Waals surface area contributed by atoms with E-state index >= 15 is 0 Å². The summed E-state index contributed by atoms with van der Waals surface area (Å²) < 4.78 is 0. The van der Waals surface area contributed by atoms with Crippen molar-refractivity contribution in [2.24, 2.45) is 0 Å². The molecule has 4 aromatic rings. The van der Waals surface area contributed by atoms with Crippen molar-refractivity contribution in [2.75, 3.05) is 0 Å². The number of hydrogen-bond acceptors (Lipinski definition) is 2. The summed E-state index contributed by atoms with van der Waals surface area (Å²) in [4.78, 5) is 0. The second kappa shape index (κ2) is 6.66. The monoisotopic (exact) mass is 392 g/mol. The molecule has 0 spiro atoms. The summed E-state index contributed by atoms with van der Waals surface area (Å²) in [6.45, 7) is 4.09. The highest BCUT2D eigenvalue weighted by Gasteiger charge is 2.50. The minimum absolute atomic E-state index is 0.707. The fourth-order valence-corrected chi connectivity index (χ4v) is 4.80. The van der Waals surface area contributed by atoms with Gasteiger partial charge in [0.2, 0.25) is 0 Å². The Hall–Kier alpha value is -3.20. The van der Waals surface area contributed by atoms with Crippen molar-refractivity contribution in [3.63, 3.8) is 0 Å². The second-order valence-corrected chi connectivity index (χ2v) is 8.18. The Labute approximate surface area is 177 Å². The van der Waals surface area contributed by atoms with Crippen LogP contribution in [0.4, 0.5) is 0 Å². The number of aliphatic hydroxyl groups is 2. The van der Waals surface area contributed by atoms with Gasteiger partial charge in [0.1, 0.15) is 11.2 Å². The molecule has 2 heteroatoms. The first kappa shape index (κ1) is 18.8. The van der Waals surface area contributed by atoms with Crippen molar-refractivity contribution in [3.05, 3.63) is 142 Å². The molecule has 0 aliphatic heterocycles. The van der Waals surface area contributed by atoms with E-state index in [1.807, 2.05) is 111 Å². The van der Waals surface area contributed by atoms with Crippen LogP contribution in [0.15, 0.2) is 97.1 Å². The highest BCUT2D eigenvalue weighted by atomic mass is 16.3. The molecule has 2 nitrogen and oxygen atoms in total. The Bertz CT molecular complexity index is 1130. The molecule has 0 heterocycles. The number of fused-ring (bicyclic) bond motifs is 2. The van der Waals surface area contributed by atoms with Crippen LogP contribution in [0.5, 0.6) is 0 Å². The van der Waals surface area contributed by atoms with E-state index in [9.17, 15) is 10.2 Å². The van der Waals surface area contributed by atoms with Crippen molar-refractivity contribution >= 4 is 0 Å². The van der Waals surface area contributed by atoms with Crippen molar-refractivity contribution in [3.8, 4) is 0 Å². The van der Waals surface area contributed by atoms with E-state index in [4.69, 9.17) is 0 Å². The number of benzene rings is 4. The van der Waals surface area contributed by atoms with E-state index in [1.54, 1.807) is 0 Å². The van der Waals surface area contributed by atoms with Crippen molar-refractivity contribution in [1.29, 1.82) is 0 Å². The normalized spacial score (nSPS) is 22.3. The molecule has 0 fully saturated rings. The molecular formula is C28H24O2. The zero-order valence-electron chi connectivity index (χ0n) is 17.1. The minimum Gasteiger partial charge on any atom is -0.376 e. The van der Waals surface area contributed by atoms with Gasteiger partial charge in [0.25, 0.3) is 0 Å². The first-order chi connectivity index (χ1) is 14.5. The van der Waals surface area contributed by atoms with E-state index in [1.165, 1.54) is 0 Å². The largest absolute Gasteiger partial charge is 0.376 e. The van der Waals surface area contributed by atoms with Gasteiger partial charge in [0, 0.05) is 0 Å². The summed E-state index contributed by atoms with van der Waals surface area (Å²) in [5, 5.41) is 24.7. The second-order valence-electron chi connectivity index (χ2n) is 8.18. The smallest absolute Gasteiger partial charge is 0.141 e. The minimum atomic E-state index is -1.35. The van der Waals surface area contributed by atoms with Gasteiger partial charge in [0.05, 0.1) is 0 Å². The van der Waals surface area contributed by atoms with Gasteiger partial charge in [0.15, 0.2) is 0 Å². The van der Waals surface area contributed by atoms with Crippen LogP contribution >= 0.6 is 0 Å². The number of rotatable bonds is 2. The zero-order valence-corrected chi connectivity index (χ0v) is 17.1. The van der Waals surface area contributed by atoms with Crippen LogP contribution in [0.25, 0.3) is 0 Å². The first-order valence-corrected chi connectivity index (χ1v) is 10.3. The Balaban J connectivity index is 1.95. The Morgan fingerprint density at radius 3 is 1.17 bits per heavy atom. The lowest BCUT2D eigenvalue weighted by Crippen LogP contribution is -2.44.